The van der Waals surface area contributed by atoms with Crippen molar-refractivity contribution in [2.75, 3.05) is 0 Å². The predicted octanol–water partition coefficient (Wildman–Crippen LogP) is 1.88. The first kappa shape index (κ1) is 8.62. The fourth-order valence-corrected chi connectivity index (χ4v) is 1.48. The van der Waals surface area contributed by atoms with Gasteiger partial charge in [-0.3, -0.25) is 0 Å². The standard InChI is InChI=1S/C10H9NO3/c1-5-2-7-8(11-5)3-6(10(13)14)4-9(7)12/h2-4,11-12H,1H3,(H,13,14). The van der Waals surface area contributed by atoms with Crippen molar-refractivity contribution >= 4 is 16.9 Å². The maximum Gasteiger partial charge on any atom is 0.335 e. The molecular weight excluding hydrogens is 182 g/mol. The summed E-state index contributed by atoms with van der Waals surface area (Å²) < 4.78 is 0. The molecule has 72 valence electrons. The molecular formula is C10H9NO3. The molecule has 0 unspecified atom stereocenters. The third kappa shape index (κ3) is 1.21. The largest absolute Gasteiger partial charge is 0.507 e. The van der Waals surface area contributed by atoms with E-state index in [-0.39, 0.29) is 11.3 Å². The Bertz CT molecular complexity index is 513. The molecule has 2 aromatic rings. The van der Waals surface area contributed by atoms with Crippen LogP contribution in [-0.4, -0.2) is 21.2 Å². The monoisotopic (exact) mass is 191 g/mol. The third-order valence-corrected chi connectivity index (χ3v) is 2.10. The average molecular weight is 191 g/mol. The molecule has 0 bridgehead atoms. The molecule has 4 nitrogen and oxygen atoms in total. The summed E-state index contributed by atoms with van der Waals surface area (Å²) in [7, 11) is 0. The molecule has 3 N–H and O–H groups in total. The Morgan fingerprint density at radius 2 is 2.07 bits per heavy atom. The normalized spacial score (nSPS) is 10.6. The number of aromatic nitrogens is 1. The Hall–Kier alpha value is -1.97. The van der Waals surface area contributed by atoms with Gasteiger partial charge in [0.05, 0.1) is 11.1 Å². The fraction of sp³-hybridized carbons (Fsp3) is 0.100. The van der Waals surface area contributed by atoms with Crippen molar-refractivity contribution in [1.29, 1.82) is 0 Å². The van der Waals surface area contributed by atoms with Crippen LogP contribution < -0.4 is 0 Å². The third-order valence-electron chi connectivity index (χ3n) is 2.10. The summed E-state index contributed by atoms with van der Waals surface area (Å²) in [6.45, 7) is 1.85. The lowest BCUT2D eigenvalue weighted by atomic mass is 10.1. The van der Waals surface area contributed by atoms with Crippen molar-refractivity contribution in [3.8, 4) is 5.75 Å². The van der Waals surface area contributed by atoms with E-state index in [1.54, 1.807) is 6.07 Å². The van der Waals surface area contributed by atoms with Crippen molar-refractivity contribution in [3.05, 3.63) is 29.5 Å². The summed E-state index contributed by atoms with van der Waals surface area (Å²) in [5.74, 6) is -1.06. The molecule has 1 aromatic carbocycles. The summed E-state index contributed by atoms with van der Waals surface area (Å²) >= 11 is 0. The molecule has 0 amide bonds. The van der Waals surface area contributed by atoms with Crippen molar-refractivity contribution in [1.82, 2.24) is 4.98 Å². The number of rotatable bonds is 1. The van der Waals surface area contributed by atoms with Gasteiger partial charge in [0.25, 0.3) is 0 Å². The molecule has 0 aliphatic carbocycles. The van der Waals surface area contributed by atoms with Crippen molar-refractivity contribution < 1.29 is 15.0 Å². The van der Waals surface area contributed by atoms with Crippen LogP contribution in [0.25, 0.3) is 10.9 Å². The Balaban J connectivity index is 2.77. The molecule has 0 fully saturated rings. The van der Waals surface area contributed by atoms with Crippen LogP contribution in [-0.2, 0) is 0 Å². The van der Waals surface area contributed by atoms with Gasteiger partial charge in [-0.2, -0.15) is 0 Å². The van der Waals surface area contributed by atoms with Crippen LogP contribution >= 0.6 is 0 Å². The molecule has 4 heteroatoms. The number of carboxylic acid groups (broad SMARTS) is 1. The number of aromatic carboxylic acids is 1. The lowest BCUT2D eigenvalue weighted by molar-refractivity contribution is 0.0696. The second-order valence-electron chi connectivity index (χ2n) is 3.21. The summed E-state index contributed by atoms with van der Waals surface area (Å²) in [4.78, 5) is 13.6. The molecule has 14 heavy (non-hydrogen) atoms. The minimum Gasteiger partial charge on any atom is -0.507 e. The summed E-state index contributed by atoms with van der Waals surface area (Å²) in [6, 6.07) is 4.53. The smallest absolute Gasteiger partial charge is 0.335 e. The van der Waals surface area contributed by atoms with E-state index in [1.165, 1.54) is 12.1 Å². The zero-order valence-electron chi connectivity index (χ0n) is 7.53. The maximum atomic E-state index is 10.7. The Kier molecular flexibility index (Phi) is 1.70. The number of aromatic amines is 1. The highest BCUT2D eigenvalue weighted by atomic mass is 16.4. The van der Waals surface area contributed by atoms with E-state index in [4.69, 9.17) is 5.11 Å². The molecule has 0 saturated carbocycles. The average Bonchev–Trinajstić information content (AvgIpc) is 2.45. The highest BCUT2D eigenvalue weighted by Gasteiger charge is 2.09. The van der Waals surface area contributed by atoms with Gasteiger partial charge >= 0.3 is 5.97 Å². The molecule has 0 spiro atoms. The first-order valence-electron chi connectivity index (χ1n) is 4.13. The molecule has 0 aliphatic rings. The van der Waals surface area contributed by atoms with Crippen molar-refractivity contribution in [3.63, 3.8) is 0 Å². The zero-order valence-corrected chi connectivity index (χ0v) is 7.53. The number of H-pyrrole nitrogens is 1. The van der Waals surface area contributed by atoms with E-state index >= 15 is 0 Å². The van der Waals surface area contributed by atoms with Gasteiger partial charge in [-0.1, -0.05) is 0 Å². The summed E-state index contributed by atoms with van der Waals surface area (Å²) in [6.07, 6.45) is 0. The Morgan fingerprint density at radius 3 is 2.71 bits per heavy atom. The lowest BCUT2D eigenvalue weighted by Gasteiger charge is -1.97. The van der Waals surface area contributed by atoms with Gasteiger partial charge in [-0.05, 0) is 25.1 Å². The van der Waals surface area contributed by atoms with Crippen LogP contribution in [0.1, 0.15) is 16.1 Å². The number of fused-ring (bicyclic) bond motifs is 1. The van der Waals surface area contributed by atoms with E-state index in [9.17, 15) is 9.90 Å². The first-order chi connectivity index (χ1) is 6.58. The maximum absolute atomic E-state index is 10.7. The highest BCUT2D eigenvalue weighted by Crippen LogP contribution is 2.26. The van der Waals surface area contributed by atoms with Gasteiger partial charge < -0.3 is 15.2 Å². The molecule has 0 radical (unpaired) electrons. The van der Waals surface area contributed by atoms with Gasteiger partial charge in [0.2, 0.25) is 0 Å². The summed E-state index contributed by atoms with van der Waals surface area (Å²) in [5, 5.41) is 18.9. The molecule has 0 atom stereocenters. The Morgan fingerprint density at radius 1 is 1.36 bits per heavy atom. The number of aryl methyl sites for hydroxylation is 1. The van der Waals surface area contributed by atoms with Crippen LogP contribution in [0.4, 0.5) is 0 Å². The zero-order chi connectivity index (χ0) is 10.3. The molecule has 1 heterocycles. The molecule has 2 rings (SSSR count). The van der Waals surface area contributed by atoms with E-state index in [2.05, 4.69) is 4.98 Å². The minimum atomic E-state index is -1.05. The van der Waals surface area contributed by atoms with E-state index < -0.39 is 5.97 Å². The van der Waals surface area contributed by atoms with E-state index in [0.29, 0.717) is 10.9 Å². The molecule has 0 aliphatic heterocycles. The van der Waals surface area contributed by atoms with E-state index in [0.717, 1.165) is 5.69 Å². The van der Waals surface area contributed by atoms with Crippen LogP contribution in [0.5, 0.6) is 5.75 Å². The fourth-order valence-electron chi connectivity index (χ4n) is 1.48. The highest BCUT2D eigenvalue weighted by molar-refractivity contribution is 5.96. The number of benzene rings is 1. The van der Waals surface area contributed by atoms with Gasteiger partial charge in [0, 0.05) is 11.1 Å². The first-order valence-corrected chi connectivity index (χ1v) is 4.13. The van der Waals surface area contributed by atoms with Gasteiger partial charge in [-0.25, -0.2) is 4.79 Å². The summed E-state index contributed by atoms with van der Waals surface area (Å²) in [5.41, 5.74) is 1.61. The van der Waals surface area contributed by atoms with Crippen molar-refractivity contribution in [2.45, 2.75) is 6.92 Å². The van der Waals surface area contributed by atoms with Gasteiger partial charge in [0.15, 0.2) is 0 Å². The second-order valence-corrected chi connectivity index (χ2v) is 3.21. The van der Waals surface area contributed by atoms with Gasteiger partial charge in [0.1, 0.15) is 5.75 Å². The lowest BCUT2D eigenvalue weighted by Crippen LogP contribution is -1.95. The topological polar surface area (TPSA) is 73.3 Å². The Labute approximate surface area is 79.8 Å². The van der Waals surface area contributed by atoms with Crippen LogP contribution in [0, 0.1) is 6.92 Å². The number of phenolic OH excluding ortho intramolecular Hbond substituents is 1. The predicted molar refractivity (Wildman–Crippen MR) is 51.7 cm³/mol. The van der Waals surface area contributed by atoms with Crippen LogP contribution in [0.2, 0.25) is 0 Å². The number of hydrogen-bond acceptors (Lipinski definition) is 2. The molecule has 0 saturated heterocycles. The van der Waals surface area contributed by atoms with E-state index in [1.807, 2.05) is 6.92 Å². The van der Waals surface area contributed by atoms with Crippen molar-refractivity contribution in [2.24, 2.45) is 0 Å². The quantitative estimate of drug-likeness (QED) is 0.644. The SMILES string of the molecule is Cc1cc2c(O)cc(C(=O)O)cc2[nH]1. The number of carbonyl (C=O) groups is 1. The van der Waals surface area contributed by atoms with Crippen LogP contribution in [0.15, 0.2) is 18.2 Å². The number of hydrogen-bond donors (Lipinski definition) is 3. The van der Waals surface area contributed by atoms with Crippen LogP contribution in [0.3, 0.4) is 0 Å². The number of carboxylic acids is 1. The number of phenols is 1. The number of nitrogens with one attached hydrogen (secondary N) is 1. The number of aromatic hydroxyl groups is 1. The minimum absolute atomic E-state index is 0.00995. The molecule has 1 aromatic heterocycles. The second kappa shape index (κ2) is 2.77. The van der Waals surface area contributed by atoms with Gasteiger partial charge in [-0.15, -0.1) is 0 Å².